The van der Waals surface area contributed by atoms with Gasteiger partial charge < -0.3 is 15.0 Å². The van der Waals surface area contributed by atoms with Crippen molar-refractivity contribution in [3.63, 3.8) is 0 Å². The zero-order valence-corrected chi connectivity index (χ0v) is 17.5. The monoisotopic (exact) mass is 468 g/mol. The molecule has 0 aliphatic carbocycles. The van der Waals surface area contributed by atoms with E-state index in [0.717, 1.165) is 4.88 Å². The third kappa shape index (κ3) is 5.26. The second kappa shape index (κ2) is 8.72. The lowest BCUT2D eigenvalue weighted by Crippen LogP contribution is -2.22. The number of nitrogens with zero attached hydrogens (tertiary/aromatic N) is 3. The summed E-state index contributed by atoms with van der Waals surface area (Å²) in [5, 5.41) is 2.68. The van der Waals surface area contributed by atoms with Crippen LogP contribution in [0, 0.1) is 0 Å². The molecule has 1 aliphatic rings. The van der Waals surface area contributed by atoms with Gasteiger partial charge in [0, 0.05) is 41.8 Å². The molecular formula is C20H16ClF3N4O2S. The highest BCUT2D eigenvalue weighted by Gasteiger charge is 2.28. The lowest BCUT2D eigenvalue weighted by molar-refractivity contribution is -0.0964. The zero-order valence-electron chi connectivity index (χ0n) is 15.9. The van der Waals surface area contributed by atoms with Crippen molar-refractivity contribution in [2.45, 2.75) is 18.2 Å². The predicted molar refractivity (Wildman–Crippen MR) is 113 cm³/mol. The van der Waals surface area contributed by atoms with E-state index in [2.05, 4.69) is 19.4 Å². The molecule has 11 heteroatoms. The van der Waals surface area contributed by atoms with E-state index in [1.165, 1.54) is 42.0 Å². The number of hydrogen-bond donors (Lipinski definition) is 1. The number of anilines is 2. The largest absolute Gasteiger partial charge is 0.487 e. The van der Waals surface area contributed by atoms with Crippen LogP contribution in [-0.4, -0.2) is 40.1 Å². The second-order valence-electron chi connectivity index (χ2n) is 6.83. The number of pyridine rings is 1. The summed E-state index contributed by atoms with van der Waals surface area (Å²) in [4.78, 5) is 19.8. The minimum atomic E-state index is -3.82. The Kier molecular flexibility index (Phi) is 6.01. The molecule has 0 saturated carbocycles. The normalized spacial score (nSPS) is 16.4. The number of carbonyl (C=O) groups excluding carboxylic acids is 1. The van der Waals surface area contributed by atoms with Gasteiger partial charge in [0.1, 0.15) is 17.7 Å². The maximum atomic E-state index is 13.7. The van der Waals surface area contributed by atoms with Gasteiger partial charge in [-0.3, -0.25) is 4.79 Å². The third-order valence-electron chi connectivity index (χ3n) is 4.61. The van der Waals surface area contributed by atoms with Crippen molar-refractivity contribution in [3.05, 3.63) is 54.4 Å². The standard InChI is InChI=1S/C20H16ClF3N4O2S/c21-20(23,24)30-15-3-1-14(2-4-15)27-19(29)12-9-16(17-5-7-26-31-17)18(25-10-12)28-8-6-13(22)11-28/h1-5,7,9-10,13H,6,8,11H2,(H,27,29). The molecule has 3 heterocycles. The number of alkyl halides is 4. The molecule has 0 spiro atoms. The van der Waals surface area contributed by atoms with Gasteiger partial charge in [0.25, 0.3) is 5.91 Å². The number of aromatic nitrogens is 2. The molecule has 0 bridgehead atoms. The minimum absolute atomic E-state index is 0.145. The van der Waals surface area contributed by atoms with Crippen LogP contribution in [0.4, 0.5) is 24.7 Å². The van der Waals surface area contributed by atoms with Crippen LogP contribution in [0.3, 0.4) is 0 Å². The number of nitrogens with one attached hydrogen (secondary N) is 1. The molecular weight excluding hydrogens is 453 g/mol. The Morgan fingerprint density at radius 3 is 2.68 bits per heavy atom. The van der Waals surface area contributed by atoms with E-state index in [1.807, 2.05) is 4.90 Å². The van der Waals surface area contributed by atoms with E-state index in [1.54, 1.807) is 18.3 Å². The fraction of sp³-hybridized carbons (Fsp3) is 0.250. The third-order valence-corrected chi connectivity index (χ3v) is 5.47. The molecule has 31 heavy (non-hydrogen) atoms. The topological polar surface area (TPSA) is 67.3 Å². The van der Waals surface area contributed by atoms with Crippen LogP contribution in [0.25, 0.3) is 10.4 Å². The van der Waals surface area contributed by atoms with Gasteiger partial charge in [-0.2, -0.15) is 0 Å². The van der Waals surface area contributed by atoms with Crippen LogP contribution in [-0.2, 0) is 0 Å². The lowest BCUT2D eigenvalue weighted by atomic mass is 10.1. The van der Waals surface area contributed by atoms with Crippen LogP contribution in [0.5, 0.6) is 5.75 Å². The molecule has 1 atom stereocenters. The van der Waals surface area contributed by atoms with E-state index in [0.29, 0.717) is 30.0 Å². The average molecular weight is 469 g/mol. The molecule has 1 unspecified atom stereocenters. The maximum Gasteiger partial charge on any atom is 0.487 e. The molecule has 1 saturated heterocycles. The fourth-order valence-electron chi connectivity index (χ4n) is 3.22. The minimum Gasteiger partial charge on any atom is -0.420 e. The van der Waals surface area contributed by atoms with E-state index in [9.17, 15) is 18.0 Å². The molecule has 2 aromatic heterocycles. The summed E-state index contributed by atoms with van der Waals surface area (Å²) in [6.45, 7) is 0.793. The first kappa shape index (κ1) is 21.4. The van der Waals surface area contributed by atoms with Crippen LogP contribution in [0.15, 0.2) is 48.8 Å². The Labute approximate surface area is 184 Å². The van der Waals surface area contributed by atoms with E-state index in [4.69, 9.17) is 11.6 Å². The molecule has 1 fully saturated rings. The van der Waals surface area contributed by atoms with Gasteiger partial charge in [-0.25, -0.2) is 13.7 Å². The van der Waals surface area contributed by atoms with E-state index >= 15 is 0 Å². The van der Waals surface area contributed by atoms with E-state index in [-0.39, 0.29) is 17.9 Å². The summed E-state index contributed by atoms with van der Waals surface area (Å²) in [5.74, 6) is 0.0173. The molecule has 0 radical (unpaired) electrons. The molecule has 1 amide bonds. The summed E-state index contributed by atoms with van der Waals surface area (Å²) < 4.78 is 47.4. The lowest BCUT2D eigenvalue weighted by Gasteiger charge is -2.20. The number of benzene rings is 1. The Morgan fingerprint density at radius 1 is 1.29 bits per heavy atom. The molecule has 162 valence electrons. The van der Waals surface area contributed by atoms with Gasteiger partial charge in [-0.1, -0.05) is 0 Å². The summed E-state index contributed by atoms with van der Waals surface area (Å²) in [6, 6.07) is 8.83. The number of carbonyl (C=O) groups is 1. The van der Waals surface area contributed by atoms with Gasteiger partial charge >= 0.3 is 5.57 Å². The van der Waals surface area contributed by atoms with Gasteiger partial charge in [-0.05, 0) is 54.4 Å². The van der Waals surface area contributed by atoms with Gasteiger partial charge in [0.05, 0.1) is 17.0 Å². The smallest absolute Gasteiger partial charge is 0.420 e. The molecule has 1 aliphatic heterocycles. The highest BCUT2D eigenvalue weighted by atomic mass is 35.5. The number of amides is 1. The van der Waals surface area contributed by atoms with Crippen molar-refractivity contribution in [2.24, 2.45) is 0 Å². The van der Waals surface area contributed by atoms with Crippen molar-refractivity contribution < 1.29 is 22.7 Å². The molecule has 3 aromatic rings. The Morgan fingerprint density at radius 2 is 2.06 bits per heavy atom. The van der Waals surface area contributed by atoms with Crippen molar-refractivity contribution in [1.82, 2.24) is 9.36 Å². The fourth-order valence-corrected chi connectivity index (χ4v) is 3.92. The zero-order chi connectivity index (χ0) is 22.0. The van der Waals surface area contributed by atoms with Crippen molar-refractivity contribution in [2.75, 3.05) is 23.3 Å². The first-order valence-corrected chi connectivity index (χ1v) is 10.4. The quantitative estimate of drug-likeness (QED) is 0.505. The summed E-state index contributed by atoms with van der Waals surface area (Å²) in [6.07, 6.45) is 2.59. The average Bonchev–Trinajstić information content (AvgIpc) is 3.40. The highest BCUT2D eigenvalue weighted by Crippen LogP contribution is 2.34. The number of halogens is 4. The van der Waals surface area contributed by atoms with Crippen LogP contribution in [0.2, 0.25) is 0 Å². The molecule has 1 N–H and O–H groups in total. The Hall–Kier alpha value is -2.85. The molecule has 4 rings (SSSR count). The predicted octanol–water partition coefficient (Wildman–Crippen LogP) is 5.17. The van der Waals surface area contributed by atoms with Crippen LogP contribution < -0.4 is 15.0 Å². The van der Waals surface area contributed by atoms with Crippen LogP contribution in [0.1, 0.15) is 16.8 Å². The Bertz CT molecular complexity index is 1060. The first-order chi connectivity index (χ1) is 14.8. The first-order valence-electron chi connectivity index (χ1n) is 9.26. The molecule has 1 aromatic carbocycles. The number of ether oxygens (including phenoxy) is 1. The molecule has 6 nitrogen and oxygen atoms in total. The van der Waals surface area contributed by atoms with Gasteiger partial charge in [0.15, 0.2) is 0 Å². The SMILES string of the molecule is O=C(Nc1ccc(OC(F)(F)Cl)cc1)c1cnc(N2CCC(F)C2)c(-c2ccns2)c1. The van der Waals surface area contributed by atoms with Crippen molar-refractivity contribution in [1.29, 1.82) is 0 Å². The summed E-state index contributed by atoms with van der Waals surface area (Å²) in [7, 11) is 0. The van der Waals surface area contributed by atoms with Gasteiger partial charge in [0.2, 0.25) is 0 Å². The summed E-state index contributed by atoms with van der Waals surface area (Å²) >= 11 is 5.99. The number of hydrogen-bond acceptors (Lipinski definition) is 6. The van der Waals surface area contributed by atoms with Crippen molar-refractivity contribution in [3.8, 4) is 16.2 Å². The maximum absolute atomic E-state index is 13.7. The number of rotatable bonds is 6. The van der Waals surface area contributed by atoms with E-state index < -0.39 is 17.6 Å². The Balaban J connectivity index is 1.55. The second-order valence-corrected chi connectivity index (χ2v) is 8.10. The summed E-state index contributed by atoms with van der Waals surface area (Å²) in [5.41, 5.74) is -2.46. The van der Waals surface area contributed by atoms with Crippen LogP contribution >= 0.6 is 23.1 Å². The van der Waals surface area contributed by atoms with Gasteiger partial charge in [-0.15, -0.1) is 8.78 Å². The highest BCUT2D eigenvalue weighted by molar-refractivity contribution is 7.09. The van der Waals surface area contributed by atoms with Crippen molar-refractivity contribution >= 4 is 40.5 Å².